The van der Waals surface area contributed by atoms with Crippen molar-refractivity contribution in [2.45, 2.75) is 50.4 Å². The maximum absolute atomic E-state index is 12.3. The molecule has 6 nitrogen and oxygen atoms in total. The van der Waals surface area contributed by atoms with Crippen LogP contribution in [0.3, 0.4) is 0 Å². The molecule has 0 radical (unpaired) electrons. The number of benzene rings is 1. The van der Waals surface area contributed by atoms with Crippen molar-refractivity contribution in [2.75, 3.05) is 5.75 Å². The Labute approximate surface area is 169 Å². The molecule has 0 saturated heterocycles. The van der Waals surface area contributed by atoms with E-state index in [0.29, 0.717) is 40.3 Å². The molecule has 1 amide bonds. The maximum Gasteiger partial charge on any atom is 0.230 e. The second-order valence-corrected chi connectivity index (χ2v) is 8.30. The summed E-state index contributed by atoms with van der Waals surface area (Å²) in [5.41, 5.74) is 0. The van der Waals surface area contributed by atoms with Gasteiger partial charge in [0.25, 0.3) is 0 Å². The minimum Gasteiger partial charge on any atom is -0.486 e. The predicted octanol–water partition coefficient (Wildman–Crippen LogP) is 3.83. The number of nitrogens with one attached hydrogen (secondary N) is 1. The van der Waals surface area contributed by atoms with Crippen LogP contribution >= 0.6 is 23.4 Å². The Hall–Kier alpha value is -1.73. The van der Waals surface area contributed by atoms with Crippen LogP contribution in [0.1, 0.15) is 38.4 Å². The molecule has 1 saturated carbocycles. The number of nitrogens with zero attached hydrogens (tertiary/aromatic N) is 3. The molecule has 1 aromatic heterocycles. The van der Waals surface area contributed by atoms with Gasteiger partial charge in [0.2, 0.25) is 5.91 Å². The quantitative estimate of drug-likeness (QED) is 0.705. The Morgan fingerprint density at radius 3 is 2.78 bits per heavy atom. The van der Waals surface area contributed by atoms with E-state index in [0.717, 1.165) is 12.2 Å². The van der Waals surface area contributed by atoms with Crippen LogP contribution < -0.4 is 10.1 Å². The van der Waals surface area contributed by atoms with E-state index >= 15 is 0 Å². The fourth-order valence-electron chi connectivity index (χ4n) is 3.18. The number of thioether (sulfide) groups is 1. The van der Waals surface area contributed by atoms with Gasteiger partial charge in [-0.3, -0.25) is 4.79 Å². The van der Waals surface area contributed by atoms with E-state index in [9.17, 15) is 4.79 Å². The van der Waals surface area contributed by atoms with Crippen LogP contribution in [0.25, 0.3) is 0 Å². The lowest BCUT2D eigenvalue weighted by Gasteiger charge is -2.29. The Morgan fingerprint density at radius 2 is 2.04 bits per heavy atom. The standard InChI is InChI=1S/C19H25ClN4O2S/c1-13-5-3-4-6-16(13)21-18(25)12-27-19-23-22-17(24(19)2)11-26-15-9-7-14(20)8-10-15/h7-10,13,16H,3-6,11-12H2,1-2H3,(H,21,25)/t13-,16+/m0/s1. The zero-order chi connectivity index (χ0) is 19.2. The van der Waals surface area contributed by atoms with Crippen LogP contribution in [0.4, 0.5) is 0 Å². The molecule has 2 aromatic rings. The largest absolute Gasteiger partial charge is 0.486 e. The molecule has 1 aliphatic rings. The van der Waals surface area contributed by atoms with Crippen LogP contribution in [0.2, 0.25) is 5.02 Å². The van der Waals surface area contributed by atoms with Crippen molar-refractivity contribution < 1.29 is 9.53 Å². The second kappa shape index (κ2) is 9.46. The number of carbonyl (C=O) groups is 1. The Balaban J connectivity index is 1.48. The van der Waals surface area contributed by atoms with Crippen LogP contribution in [0.5, 0.6) is 5.75 Å². The van der Waals surface area contributed by atoms with Gasteiger partial charge in [0.1, 0.15) is 12.4 Å². The first-order chi connectivity index (χ1) is 13.0. The highest BCUT2D eigenvalue weighted by Gasteiger charge is 2.23. The van der Waals surface area contributed by atoms with Crippen molar-refractivity contribution in [1.82, 2.24) is 20.1 Å². The van der Waals surface area contributed by atoms with Gasteiger partial charge in [0.05, 0.1) is 5.75 Å². The Kier molecular flexibility index (Phi) is 7.01. The van der Waals surface area contributed by atoms with Gasteiger partial charge >= 0.3 is 0 Å². The molecule has 0 bridgehead atoms. The van der Waals surface area contributed by atoms with E-state index in [1.807, 2.05) is 23.7 Å². The average Bonchev–Trinajstić information content (AvgIpc) is 3.01. The monoisotopic (exact) mass is 408 g/mol. The number of carbonyl (C=O) groups excluding carboxylic acids is 1. The number of hydrogen-bond acceptors (Lipinski definition) is 5. The first-order valence-electron chi connectivity index (χ1n) is 9.21. The van der Waals surface area contributed by atoms with Crippen LogP contribution in [-0.2, 0) is 18.4 Å². The average molecular weight is 409 g/mol. The molecule has 1 heterocycles. The van der Waals surface area contributed by atoms with Crippen molar-refractivity contribution in [3.05, 3.63) is 35.1 Å². The third kappa shape index (κ3) is 5.62. The summed E-state index contributed by atoms with van der Waals surface area (Å²) < 4.78 is 7.57. The van der Waals surface area contributed by atoms with Crippen LogP contribution in [-0.4, -0.2) is 32.5 Å². The number of hydrogen-bond donors (Lipinski definition) is 1. The van der Waals surface area contributed by atoms with Crippen molar-refractivity contribution in [2.24, 2.45) is 13.0 Å². The van der Waals surface area contributed by atoms with Gasteiger partial charge in [-0.1, -0.05) is 43.1 Å². The van der Waals surface area contributed by atoms with Gasteiger partial charge in [0.15, 0.2) is 11.0 Å². The summed E-state index contributed by atoms with van der Waals surface area (Å²) in [6.07, 6.45) is 4.73. The summed E-state index contributed by atoms with van der Waals surface area (Å²) >= 11 is 7.26. The molecule has 1 aliphatic carbocycles. The molecule has 146 valence electrons. The number of ether oxygens (including phenoxy) is 1. The zero-order valence-electron chi connectivity index (χ0n) is 15.7. The third-order valence-corrected chi connectivity index (χ3v) is 6.17. The Morgan fingerprint density at radius 1 is 1.30 bits per heavy atom. The highest BCUT2D eigenvalue weighted by atomic mass is 35.5. The van der Waals surface area contributed by atoms with E-state index in [1.54, 1.807) is 12.1 Å². The lowest BCUT2D eigenvalue weighted by molar-refractivity contribution is -0.119. The second-order valence-electron chi connectivity index (χ2n) is 6.92. The third-order valence-electron chi connectivity index (χ3n) is 4.90. The highest BCUT2D eigenvalue weighted by Crippen LogP contribution is 2.24. The molecule has 0 aliphatic heterocycles. The van der Waals surface area contributed by atoms with Gasteiger partial charge in [-0.25, -0.2) is 0 Å². The van der Waals surface area contributed by atoms with Crippen molar-refractivity contribution in [3.63, 3.8) is 0 Å². The normalized spacial score (nSPS) is 19.7. The molecule has 1 aromatic carbocycles. The van der Waals surface area contributed by atoms with Gasteiger partial charge in [0, 0.05) is 18.1 Å². The van der Waals surface area contributed by atoms with Crippen molar-refractivity contribution in [3.8, 4) is 5.75 Å². The van der Waals surface area contributed by atoms with E-state index in [1.165, 1.54) is 31.0 Å². The number of aromatic nitrogens is 3. The maximum atomic E-state index is 12.3. The van der Waals surface area contributed by atoms with Crippen molar-refractivity contribution >= 4 is 29.3 Å². The molecule has 8 heteroatoms. The summed E-state index contributed by atoms with van der Waals surface area (Å²) in [6, 6.07) is 7.48. The predicted molar refractivity (Wildman–Crippen MR) is 107 cm³/mol. The summed E-state index contributed by atoms with van der Waals surface area (Å²) in [7, 11) is 1.88. The number of amides is 1. The number of rotatable bonds is 7. The topological polar surface area (TPSA) is 69.0 Å². The molecular formula is C19H25ClN4O2S. The number of halogens is 1. The SMILES string of the molecule is C[C@H]1CCCC[C@H]1NC(=O)CSc1nnc(COc2ccc(Cl)cc2)n1C. The van der Waals surface area contributed by atoms with E-state index in [2.05, 4.69) is 22.4 Å². The van der Waals surface area contributed by atoms with Crippen molar-refractivity contribution in [1.29, 1.82) is 0 Å². The van der Waals surface area contributed by atoms with E-state index in [4.69, 9.17) is 16.3 Å². The summed E-state index contributed by atoms with van der Waals surface area (Å²) in [5.74, 6) is 2.37. The molecular weight excluding hydrogens is 384 g/mol. The summed E-state index contributed by atoms with van der Waals surface area (Å²) in [4.78, 5) is 12.3. The Bertz CT molecular complexity index is 766. The molecule has 1 N–H and O–H groups in total. The van der Waals surface area contributed by atoms with Gasteiger partial charge in [-0.05, 0) is 43.0 Å². The van der Waals surface area contributed by atoms with E-state index in [-0.39, 0.29) is 5.91 Å². The molecule has 0 spiro atoms. The summed E-state index contributed by atoms with van der Waals surface area (Å²) in [5, 5.41) is 12.9. The molecule has 2 atom stereocenters. The highest BCUT2D eigenvalue weighted by molar-refractivity contribution is 7.99. The first-order valence-corrected chi connectivity index (χ1v) is 10.6. The lowest BCUT2D eigenvalue weighted by Crippen LogP contribution is -2.41. The molecule has 27 heavy (non-hydrogen) atoms. The zero-order valence-corrected chi connectivity index (χ0v) is 17.2. The molecule has 3 rings (SSSR count). The summed E-state index contributed by atoms with van der Waals surface area (Å²) in [6.45, 7) is 2.52. The van der Waals surface area contributed by atoms with Gasteiger partial charge < -0.3 is 14.6 Å². The minimum atomic E-state index is 0.0562. The molecule has 0 unspecified atom stereocenters. The van der Waals surface area contributed by atoms with Gasteiger partial charge in [-0.2, -0.15) is 0 Å². The smallest absolute Gasteiger partial charge is 0.230 e. The van der Waals surface area contributed by atoms with Gasteiger partial charge in [-0.15, -0.1) is 10.2 Å². The van der Waals surface area contributed by atoms with E-state index < -0.39 is 0 Å². The lowest BCUT2D eigenvalue weighted by atomic mass is 9.86. The van der Waals surface area contributed by atoms with Crippen LogP contribution in [0, 0.1) is 5.92 Å². The first kappa shape index (κ1) is 20.0. The molecule has 1 fully saturated rings. The minimum absolute atomic E-state index is 0.0562. The van der Waals surface area contributed by atoms with Crippen LogP contribution in [0.15, 0.2) is 29.4 Å². The fraction of sp³-hybridized carbons (Fsp3) is 0.526. The fourth-order valence-corrected chi connectivity index (χ4v) is 4.05.